The fourth-order valence-corrected chi connectivity index (χ4v) is 3.88. The van der Waals surface area contributed by atoms with E-state index < -0.39 is 12.6 Å². The van der Waals surface area contributed by atoms with E-state index in [2.05, 4.69) is 10.1 Å². The number of amides is 3. The minimum atomic E-state index is -2.91. The van der Waals surface area contributed by atoms with Crippen LogP contribution in [0.3, 0.4) is 0 Å². The van der Waals surface area contributed by atoms with E-state index >= 15 is 0 Å². The van der Waals surface area contributed by atoms with Crippen molar-refractivity contribution in [2.45, 2.75) is 43.5 Å². The van der Waals surface area contributed by atoms with Crippen molar-refractivity contribution >= 4 is 24.3 Å². The zero-order chi connectivity index (χ0) is 18.2. The second kappa shape index (κ2) is 7.24. The van der Waals surface area contributed by atoms with Crippen molar-refractivity contribution in [2.24, 2.45) is 11.5 Å². The fraction of sp³-hybridized carbons (Fsp3) is 0.500. The number of rotatable bonds is 7. The van der Waals surface area contributed by atoms with Crippen molar-refractivity contribution in [3.8, 4) is 5.75 Å². The highest BCUT2D eigenvalue weighted by Crippen LogP contribution is 2.62. The lowest BCUT2D eigenvalue weighted by atomic mass is 9.44. The van der Waals surface area contributed by atoms with Gasteiger partial charge in [0.15, 0.2) is 0 Å². The lowest BCUT2D eigenvalue weighted by Gasteiger charge is -2.72. The number of carbonyl (C=O) groups excluding carboxylic acids is 2. The molecule has 0 heterocycles. The summed E-state index contributed by atoms with van der Waals surface area (Å²) in [4.78, 5) is 25.1. The van der Waals surface area contributed by atoms with Crippen molar-refractivity contribution in [3.05, 3.63) is 29.8 Å². The molecule has 26 heavy (non-hydrogen) atoms. The molecule has 7 nitrogen and oxygen atoms in total. The van der Waals surface area contributed by atoms with Gasteiger partial charge in [-0.1, -0.05) is 12.1 Å². The van der Waals surface area contributed by atoms with Gasteiger partial charge in [0.05, 0.1) is 6.54 Å². The molecule has 0 aromatic heterocycles. The Hall–Kier alpha value is -2.13. The summed E-state index contributed by atoms with van der Waals surface area (Å²) < 4.78 is 29.1. The fourth-order valence-electron chi connectivity index (χ4n) is 3.88. The van der Waals surface area contributed by atoms with E-state index in [1.54, 1.807) is 17.0 Å². The van der Waals surface area contributed by atoms with E-state index in [-0.39, 0.29) is 48.2 Å². The maximum Gasteiger partial charge on any atom is 0.387 e. The number of urea groups is 1. The predicted molar refractivity (Wildman–Crippen MR) is 92.0 cm³/mol. The summed E-state index contributed by atoms with van der Waals surface area (Å²) in [6.07, 6.45) is 2.07. The number of carbonyl (C=O) groups is 2. The first-order chi connectivity index (χ1) is 11.7. The van der Waals surface area contributed by atoms with Gasteiger partial charge in [-0.3, -0.25) is 4.79 Å². The highest BCUT2D eigenvalue weighted by atomic mass is 35.5. The molecule has 144 valence electrons. The Morgan fingerprint density at radius 3 is 2.50 bits per heavy atom. The Morgan fingerprint density at radius 1 is 1.31 bits per heavy atom. The molecule has 0 atom stereocenters. The van der Waals surface area contributed by atoms with Gasteiger partial charge >= 0.3 is 12.6 Å². The molecule has 3 saturated carbocycles. The lowest BCUT2D eigenvalue weighted by molar-refractivity contribution is -0.182. The molecule has 1 aromatic rings. The molecule has 3 aliphatic rings. The summed E-state index contributed by atoms with van der Waals surface area (Å²) in [6, 6.07) is 5.42. The summed E-state index contributed by atoms with van der Waals surface area (Å²) in [6.45, 7) is -2.92. The number of hydrogen-bond acceptors (Lipinski definition) is 4. The Kier molecular flexibility index (Phi) is 5.62. The zero-order valence-corrected chi connectivity index (χ0v) is 14.7. The smallest absolute Gasteiger partial charge is 0.387 e. The van der Waals surface area contributed by atoms with Crippen LogP contribution in [0.25, 0.3) is 0 Å². The summed E-state index contributed by atoms with van der Waals surface area (Å²) in [5.41, 5.74) is 11.2. The third-order valence-corrected chi connectivity index (χ3v) is 4.80. The standard InChI is InChI=1S/C16H20F2N4O3.ClH/c17-13(18)25-11-3-1-2-10(4-11)6-22(12(23)5-21-14(19)24)16-7-15(20,8-16)9-16;/h1-4,13H,5-9,20H2,(H3,19,21,24);1H. The van der Waals surface area contributed by atoms with Crippen LogP contribution >= 0.6 is 12.4 Å². The van der Waals surface area contributed by atoms with Crippen molar-refractivity contribution in [1.29, 1.82) is 0 Å². The molecule has 0 spiro atoms. The minimum absolute atomic E-state index is 0. The third-order valence-electron chi connectivity index (χ3n) is 4.80. The van der Waals surface area contributed by atoms with Crippen LogP contribution in [0.1, 0.15) is 24.8 Å². The van der Waals surface area contributed by atoms with Gasteiger partial charge in [-0.15, -0.1) is 12.4 Å². The van der Waals surface area contributed by atoms with E-state index in [0.717, 1.165) is 0 Å². The van der Waals surface area contributed by atoms with E-state index in [9.17, 15) is 18.4 Å². The van der Waals surface area contributed by atoms with Crippen LogP contribution in [-0.4, -0.2) is 41.1 Å². The maximum absolute atomic E-state index is 12.5. The Balaban J connectivity index is 0.00000243. The first-order valence-electron chi connectivity index (χ1n) is 7.88. The molecule has 3 amide bonds. The molecule has 1 aromatic carbocycles. The number of nitrogens with one attached hydrogen (secondary N) is 1. The number of nitrogens with zero attached hydrogens (tertiary/aromatic N) is 1. The van der Waals surface area contributed by atoms with Crippen LogP contribution in [-0.2, 0) is 11.3 Å². The molecule has 0 aliphatic heterocycles. The summed E-state index contributed by atoms with van der Waals surface area (Å²) in [5.74, 6) is -0.260. The van der Waals surface area contributed by atoms with Crippen LogP contribution in [0, 0.1) is 0 Å². The molecule has 0 unspecified atom stereocenters. The Morgan fingerprint density at radius 2 is 1.96 bits per heavy atom. The summed E-state index contributed by atoms with van der Waals surface area (Å²) >= 11 is 0. The van der Waals surface area contributed by atoms with Crippen molar-refractivity contribution in [3.63, 3.8) is 0 Å². The molecule has 3 aliphatic carbocycles. The monoisotopic (exact) mass is 390 g/mol. The summed E-state index contributed by atoms with van der Waals surface area (Å²) in [5, 5.41) is 2.29. The lowest BCUT2D eigenvalue weighted by Crippen LogP contribution is -2.82. The second-order valence-corrected chi connectivity index (χ2v) is 6.84. The molecular formula is C16H21ClF2N4O3. The van der Waals surface area contributed by atoms with Crippen LogP contribution in [0.5, 0.6) is 5.75 Å². The Labute approximate surface area is 155 Å². The number of hydrogen-bond donors (Lipinski definition) is 3. The van der Waals surface area contributed by atoms with Gasteiger partial charge in [-0.25, -0.2) is 4.79 Å². The number of primary amides is 1. The van der Waals surface area contributed by atoms with Crippen LogP contribution in [0.15, 0.2) is 24.3 Å². The third kappa shape index (κ3) is 3.99. The number of nitrogens with two attached hydrogens (primary N) is 2. The molecule has 3 fully saturated rings. The molecule has 5 N–H and O–H groups in total. The van der Waals surface area contributed by atoms with Gasteiger partial charge < -0.3 is 26.4 Å². The molecule has 2 bridgehead atoms. The SMILES string of the molecule is Cl.NC(=O)NCC(=O)N(Cc1cccc(OC(F)F)c1)C12CC(N)(C1)C2. The topological polar surface area (TPSA) is 111 Å². The van der Waals surface area contributed by atoms with E-state index in [1.807, 2.05) is 0 Å². The number of alkyl halides is 2. The first-order valence-corrected chi connectivity index (χ1v) is 7.88. The normalized spacial score (nSPS) is 25.4. The van der Waals surface area contributed by atoms with Crippen molar-refractivity contribution in [2.75, 3.05) is 6.54 Å². The highest BCUT2D eigenvalue weighted by Gasteiger charge is 2.69. The highest BCUT2D eigenvalue weighted by molar-refractivity contribution is 5.85. The minimum Gasteiger partial charge on any atom is -0.435 e. The molecule has 0 saturated heterocycles. The number of benzene rings is 1. The van der Waals surface area contributed by atoms with E-state index in [4.69, 9.17) is 11.5 Å². The maximum atomic E-state index is 12.5. The molecule has 4 rings (SSSR count). The van der Waals surface area contributed by atoms with Gasteiger partial charge in [0.2, 0.25) is 5.91 Å². The largest absolute Gasteiger partial charge is 0.435 e. The van der Waals surface area contributed by atoms with Gasteiger partial charge in [0.1, 0.15) is 5.75 Å². The average Bonchev–Trinajstić information content (AvgIpc) is 2.46. The van der Waals surface area contributed by atoms with Gasteiger partial charge in [-0.05, 0) is 37.0 Å². The van der Waals surface area contributed by atoms with Crippen LogP contribution in [0.4, 0.5) is 13.6 Å². The van der Waals surface area contributed by atoms with Gasteiger partial charge in [0.25, 0.3) is 0 Å². The van der Waals surface area contributed by atoms with Gasteiger partial charge in [-0.2, -0.15) is 8.78 Å². The van der Waals surface area contributed by atoms with Crippen molar-refractivity contribution < 1.29 is 23.1 Å². The quantitative estimate of drug-likeness (QED) is 0.652. The molecular weight excluding hydrogens is 370 g/mol. The second-order valence-electron chi connectivity index (χ2n) is 6.84. The zero-order valence-electron chi connectivity index (χ0n) is 13.9. The summed E-state index contributed by atoms with van der Waals surface area (Å²) in [7, 11) is 0. The van der Waals surface area contributed by atoms with E-state index in [1.165, 1.54) is 12.1 Å². The number of halogens is 3. The van der Waals surface area contributed by atoms with Crippen LogP contribution < -0.4 is 21.5 Å². The van der Waals surface area contributed by atoms with Crippen LogP contribution in [0.2, 0.25) is 0 Å². The Bertz CT molecular complexity index is 684. The van der Waals surface area contributed by atoms with E-state index in [0.29, 0.717) is 24.8 Å². The molecule has 10 heteroatoms. The van der Waals surface area contributed by atoms with Crippen molar-refractivity contribution in [1.82, 2.24) is 10.2 Å². The predicted octanol–water partition coefficient (Wildman–Crippen LogP) is 1.34. The average molecular weight is 391 g/mol. The first kappa shape index (κ1) is 20.2. The van der Waals surface area contributed by atoms with Gasteiger partial charge in [0, 0.05) is 17.6 Å². The number of ether oxygens (including phenoxy) is 1. The molecule has 0 radical (unpaired) electrons.